The lowest BCUT2D eigenvalue weighted by molar-refractivity contribution is 0.102. The Bertz CT molecular complexity index is 1740. The van der Waals surface area contributed by atoms with Gasteiger partial charge in [0.2, 0.25) is 0 Å². The van der Waals surface area contributed by atoms with Crippen molar-refractivity contribution in [3.05, 3.63) is 107 Å². The standard InChI is InChI=1S/C30H29FN8O2/c31-19-3-13-24(14-4-19)38-16-1-2-25(30(38)41)29(40)36-23-11-9-21(10-12-23)34-26-18-27(37-39-17-15-33-28(26)39)35-22-7-5-20(32)6-8-22/h1-4,9-18,20,22,34H,5-8,32H2,(H,35,37)(H,36,40). The molecule has 41 heavy (non-hydrogen) atoms. The molecule has 5 N–H and O–H groups in total. The fourth-order valence-electron chi connectivity index (χ4n) is 5.01. The highest BCUT2D eigenvalue weighted by molar-refractivity contribution is 6.04. The van der Waals surface area contributed by atoms with E-state index in [1.807, 2.05) is 18.2 Å². The third kappa shape index (κ3) is 5.80. The number of nitrogens with zero attached hydrogens (tertiary/aromatic N) is 4. The number of halogens is 1. The zero-order chi connectivity index (χ0) is 28.3. The maximum absolute atomic E-state index is 13.3. The van der Waals surface area contributed by atoms with Gasteiger partial charge in [-0.3, -0.25) is 14.2 Å². The molecule has 1 amide bonds. The molecular formula is C30H29FN8O2. The van der Waals surface area contributed by atoms with Crippen LogP contribution in [0.2, 0.25) is 0 Å². The number of hydrogen-bond donors (Lipinski definition) is 4. The van der Waals surface area contributed by atoms with Gasteiger partial charge in [0.25, 0.3) is 11.5 Å². The minimum absolute atomic E-state index is 0.0301. The van der Waals surface area contributed by atoms with E-state index in [1.165, 1.54) is 41.1 Å². The van der Waals surface area contributed by atoms with Crippen molar-refractivity contribution >= 4 is 34.4 Å². The number of benzene rings is 2. The SMILES string of the molecule is NC1CCC(Nc2cc(Nc3ccc(NC(=O)c4cccn(-c5ccc(F)cc5)c4=O)cc3)c3nccn3n2)CC1. The predicted octanol–water partition coefficient (Wildman–Crippen LogP) is 4.70. The summed E-state index contributed by atoms with van der Waals surface area (Å²) in [6.45, 7) is 0. The summed E-state index contributed by atoms with van der Waals surface area (Å²) in [4.78, 5) is 30.4. The van der Waals surface area contributed by atoms with E-state index in [4.69, 9.17) is 5.73 Å². The molecule has 0 saturated heterocycles. The number of imidazole rings is 1. The number of hydrogen-bond acceptors (Lipinski definition) is 7. The Morgan fingerprint density at radius 2 is 1.68 bits per heavy atom. The number of fused-ring (bicyclic) bond motifs is 1. The fraction of sp³-hybridized carbons (Fsp3) is 0.200. The van der Waals surface area contributed by atoms with Gasteiger partial charge in [-0.1, -0.05) is 0 Å². The number of carbonyl (C=O) groups is 1. The van der Waals surface area contributed by atoms with Crippen LogP contribution in [0.5, 0.6) is 0 Å². The van der Waals surface area contributed by atoms with E-state index in [2.05, 4.69) is 26.0 Å². The molecule has 0 unspecified atom stereocenters. The fourth-order valence-corrected chi connectivity index (χ4v) is 5.01. The molecule has 10 nitrogen and oxygen atoms in total. The van der Waals surface area contributed by atoms with Gasteiger partial charge in [0.15, 0.2) is 5.65 Å². The van der Waals surface area contributed by atoms with Crippen LogP contribution in [-0.4, -0.2) is 37.2 Å². The van der Waals surface area contributed by atoms with Crippen LogP contribution >= 0.6 is 0 Å². The first kappa shape index (κ1) is 26.2. The number of anilines is 4. The lowest BCUT2D eigenvalue weighted by atomic mass is 9.92. The summed E-state index contributed by atoms with van der Waals surface area (Å²) in [5.41, 5.74) is 8.75. The highest BCUT2D eigenvalue weighted by Crippen LogP contribution is 2.26. The van der Waals surface area contributed by atoms with Crippen molar-refractivity contribution in [1.82, 2.24) is 19.2 Å². The molecule has 0 radical (unpaired) electrons. The van der Waals surface area contributed by atoms with Crippen LogP contribution in [-0.2, 0) is 0 Å². The number of pyridine rings is 1. The van der Waals surface area contributed by atoms with Crippen LogP contribution in [0.15, 0.2) is 90.1 Å². The third-order valence-electron chi connectivity index (χ3n) is 7.20. The second kappa shape index (κ2) is 11.2. The van der Waals surface area contributed by atoms with E-state index in [1.54, 1.807) is 35.1 Å². The quantitative estimate of drug-likeness (QED) is 0.230. The summed E-state index contributed by atoms with van der Waals surface area (Å²) in [5.74, 6) is -0.203. The minimum Gasteiger partial charge on any atom is -0.366 e. The molecular weight excluding hydrogens is 523 g/mol. The topological polar surface area (TPSA) is 131 Å². The first-order valence-electron chi connectivity index (χ1n) is 13.5. The summed E-state index contributed by atoms with van der Waals surface area (Å²) >= 11 is 0. The van der Waals surface area contributed by atoms with Gasteiger partial charge >= 0.3 is 0 Å². The van der Waals surface area contributed by atoms with Crippen molar-refractivity contribution in [2.45, 2.75) is 37.8 Å². The third-order valence-corrected chi connectivity index (χ3v) is 7.20. The molecule has 3 heterocycles. The molecule has 1 aliphatic rings. The number of aromatic nitrogens is 4. The molecule has 1 aliphatic carbocycles. The number of nitrogens with one attached hydrogen (secondary N) is 3. The van der Waals surface area contributed by atoms with Crippen LogP contribution in [0.1, 0.15) is 36.0 Å². The van der Waals surface area contributed by atoms with Gasteiger partial charge in [-0.05, 0) is 86.3 Å². The molecule has 6 rings (SSSR count). The van der Waals surface area contributed by atoms with Gasteiger partial charge < -0.3 is 21.7 Å². The molecule has 1 saturated carbocycles. The number of amides is 1. The van der Waals surface area contributed by atoms with Crippen molar-refractivity contribution in [2.75, 3.05) is 16.0 Å². The number of carbonyl (C=O) groups excluding carboxylic acids is 1. The van der Waals surface area contributed by atoms with Gasteiger partial charge in [0.1, 0.15) is 17.2 Å². The number of rotatable bonds is 7. The zero-order valence-electron chi connectivity index (χ0n) is 22.1. The molecule has 0 aliphatic heterocycles. The summed E-state index contributed by atoms with van der Waals surface area (Å²) in [7, 11) is 0. The summed E-state index contributed by atoms with van der Waals surface area (Å²) in [5, 5.41) is 14.3. The van der Waals surface area contributed by atoms with E-state index in [0.29, 0.717) is 23.1 Å². The van der Waals surface area contributed by atoms with Crippen molar-refractivity contribution in [2.24, 2.45) is 5.73 Å². The average molecular weight is 553 g/mol. The lowest BCUT2D eigenvalue weighted by Crippen LogP contribution is -2.33. The molecule has 5 aromatic rings. The number of nitrogens with two attached hydrogens (primary N) is 1. The van der Waals surface area contributed by atoms with Crippen LogP contribution in [0.25, 0.3) is 11.3 Å². The smallest absolute Gasteiger partial charge is 0.267 e. The van der Waals surface area contributed by atoms with Gasteiger partial charge in [-0.2, -0.15) is 0 Å². The highest BCUT2D eigenvalue weighted by Gasteiger charge is 2.19. The molecule has 0 spiro atoms. The predicted molar refractivity (Wildman–Crippen MR) is 157 cm³/mol. The molecule has 0 bridgehead atoms. The van der Waals surface area contributed by atoms with Crippen LogP contribution < -0.4 is 27.2 Å². The van der Waals surface area contributed by atoms with E-state index in [9.17, 15) is 14.0 Å². The molecule has 208 valence electrons. The van der Waals surface area contributed by atoms with E-state index >= 15 is 0 Å². The highest BCUT2D eigenvalue weighted by atomic mass is 19.1. The van der Waals surface area contributed by atoms with E-state index in [-0.39, 0.29) is 11.6 Å². The largest absolute Gasteiger partial charge is 0.366 e. The van der Waals surface area contributed by atoms with Crippen LogP contribution in [0, 0.1) is 5.82 Å². The van der Waals surface area contributed by atoms with Gasteiger partial charge in [-0.25, -0.2) is 13.9 Å². The Morgan fingerprint density at radius 1 is 0.951 bits per heavy atom. The first-order valence-corrected chi connectivity index (χ1v) is 13.5. The zero-order valence-corrected chi connectivity index (χ0v) is 22.1. The lowest BCUT2D eigenvalue weighted by Gasteiger charge is -2.27. The summed E-state index contributed by atoms with van der Waals surface area (Å²) in [6, 6.07) is 18.2. The van der Waals surface area contributed by atoms with Crippen molar-refractivity contribution < 1.29 is 9.18 Å². The summed E-state index contributed by atoms with van der Waals surface area (Å²) in [6.07, 6.45) is 9.03. The van der Waals surface area contributed by atoms with Crippen molar-refractivity contribution in [3.63, 3.8) is 0 Å². The van der Waals surface area contributed by atoms with Crippen molar-refractivity contribution in [3.8, 4) is 5.69 Å². The average Bonchev–Trinajstić information content (AvgIpc) is 3.45. The van der Waals surface area contributed by atoms with E-state index < -0.39 is 17.3 Å². The molecule has 3 aromatic heterocycles. The normalized spacial score (nSPS) is 16.8. The van der Waals surface area contributed by atoms with Gasteiger partial charge in [0, 0.05) is 53.8 Å². The molecule has 1 fully saturated rings. The van der Waals surface area contributed by atoms with Gasteiger partial charge in [-0.15, -0.1) is 5.10 Å². The Kier molecular flexibility index (Phi) is 7.17. The Balaban J connectivity index is 1.16. The minimum atomic E-state index is -0.542. The Morgan fingerprint density at radius 3 is 2.44 bits per heavy atom. The maximum Gasteiger partial charge on any atom is 0.267 e. The molecule has 0 atom stereocenters. The van der Waals surface area contributed by atoms with Crippen LogP contribution in [0.3, 0.4) is 0 Å². The Labute approximate surface area is 235 Å². The second-order valence-electron chi connectivity index (χ2n) is 10.1. The first-order chi connectivity index (χ1) is 19.9. The Hall–Kier alpha value is -5.03. The summed E-state index contributed by atoms with van der Waals surface area (Å²) < 4.78 is 16.3. The molecule has 2 aromatic carbocycles. The van der Waals surface area contributed by atoms with Crippen molar-refractivity contribution in [1.29, 1.82) is 0 Å². The maximum atomic E-state index is 13.3. The second-order valence-corrected chi connectivity index (χ2v) is 10.1. The van der Waals surface area contributed by atoms with Gasteiger partial charge in [0.05, 0.1) is 5.69 Å². The van der Waals surface area contributed by atoms with E-state index in [0.717, 1.165) is 42.9 Å². The monoisotopic (exact) mass is 552 g/mol. The molecule has 11 heteroatoms. The van der Waals surface area contributed by atoms with Crippen LogP contribution in [0.4, 0.5) is 27.3 Å².